The Morgan fingerprint density at radius 1 is 0.667 bits per heavy atom. The Bertz CT molecular complexity index is 10.8. The summed E-state index contributed by atoms with van der Waals surface area (Å²) >= 11 is 0. The molecule has 2 radical (unpaired) electrons. The molecular weight excluding hydrogens is 225 g/mol. The monoisotopic (exact) mass is 224 g/mol. The van der Waals surface area contributed by atoms with E-state index in [1.807, 2.05) is 0 Å². The number of rotatable bonds is 0. The zero-order chi connectivity index (χ0) is 0. The number of hydrogen-bond acceptors (Lipinski definition) is 0. The van der Waals surface area contributed by atoms with Gasteiger partial charge in [0, 0.05) is 0 Å². The van der Waals surface area contributed by atoms with Crippen molar-refractivity contribution in [3.63, 3.8) is 0 Å². The van der Waals surface area contributed by atoms with Gasteiger partial charge in [0.05, 0.1) is 0 Å². The van der Waals surface area contributed by atoms with Crippen LogP contribution in [0.3, 0.4) is 0 Å². The van der Waals surface area contributed by atoms with Gasteiger partial charge in [-0.3, -0.25) is 0 Å². The quantitative estimate of drug-likeness (QED) is 0.504. The summed E-state index contributed by atoms with van der Waals surface area (Å²) in [5.41, 5.74) is 0. The Morgan fingerprint density at radius 2 is 0.667 bits per heavy atom. The van der Waals surface area contributed by atoms with Gasteiger partial charge in [-0.15, -0.1) is 0 Å². The van der Waals surface area contributed by atoms with Gasteiger partial charge in [-0.1, -0.05) is 0 Å². The van der Waals surface area contributed by atoms with E-state index < -0.39 is 0 Å². The summed E-state index contributed by atoms with van der Waals surface area (Å²) in [7, 11) is 0. The van der Waals surface area contributed by atoms with Crippen molar-refractivity contribution in [2.45, 2.75) is 0 Å². The molecule has 0 saturated heterocycles. The van der Waals surface area contributed by atoms with Gasteiger partial charge >= 0.3 is 50.6 Å². The van der Waals surface area contributed by atoms with Crippen LogP contribution in [0.5, 0.6) is 0 Å². The molecule has 0 N–H and O–H groups in total. The van der Waals surface area contributed by atoms with Crippen LogP contribution in [0.15, 0.2) is 0 Å². The van der Waals surface area contributed by atoms with Crippen molar-refractivity contribution in [3.05, 3.63) is 0 Å². The molecule has 0 fully saturated rings. The second-order valence-corrected chi connectivity index (χ2v) is 0. The van der Waals surface area contributed by atoms with E-state index in [1.54, 1.807) is 0 Å². The molecule has 6 heteroatoms. The maximum atomic E-state index is 0. The molecule has 0 rings (SSSR count). The van der Waals surface area contributed by atoms with Gasteiger partial charge in [0.15, 0.2) is 0 Å². The molecule has 46 valence electrons. The van der Waals surface area contributed by atoms with Gasteiger partial charge in [-0.25, -0.2) is 0 Å². The Hall–Kier alpha value is 1.41. The fourth-order valence-corrected chi connectivity index (χ4v) is 0. The van der Waals surface area contributed by atoms with E-state index in [1.165, 1.54) is 0 Å². The zero-order valence-corrected chi connectivity index (χ0v) is 5.33. The third-order valence-electron chi connectivity index (χ3n) is 0. The predicted octanol–water partition coefficient (Wildman–Crippen LogP) is -0.364. The van der Waals surface area contributed by atoms with Crippen LogP contribution in [0.2, 0.25) is 0 Å². The fraction of sp³-hybridized carbons (Fsp3) is 0. The van der Waals surface area contributed by atoms with E-state index in [4.69, 9.17) is 0 Å². The van der Waals surface area contributed by atoms with E-state index in [-0.39, 0.29) is 67.1 Å². The maximum absolute atomic E-state index is 0. The molecule has 0 unspecified atom stereocenters. The molecule has 3 nitrogen and oxygen atoms in total. The van der Waals surface area contributed by atoms with E-state index in [2.05, 4.69) is 0 Å². The minimum absolute atomic E-state index is 0. The molecule has 0 spiro atoms. The molecule has 0 aromatic rings. The Kier molecular flexibility index (Phi) is 2400. The summed E-state index contributed by atoms with van der Waals surface area (Å²) < 4.78 is 0. The standard InChI is InChI=1S/Cu.Mn.Ni.3O/q3*+2;3*-2. The molecule has 0 aromatic carbocycles. The summed E-state index contributed by atoms with van der Waals surface area (Å²) in [5, 5.41) is 0. The third kappa shape index (κ3) is 52.8. The summed E-state index contributed by atoms with van der Waals surface area (Å²) in [5.74, 6) is 0. The SMILES string of the molecule is [Cu+2].[Mn+2].[Ni+2].[O-2].[O-2].[O-2]. The summed E-state index contributed by atoms with van der Waals surface area (Å²) in [6.07, 6.45) is 0. The molecule has 0 aliphatic rings. The van der Waals surface area contributed by atoms with Crippen LogP contribution < -0.4 is 0 Å². The average molecular weight is 225 g/mol. The molecule has 6 heavy (non-hydrogen) atoms. The van der Waals surface area contributed by atoms with Crippen molar-refractivity contribution in [1.82, 2.24) is 0 Å². The molecular formula is CuMnNiO3. The third-order valence-corrected chi connectivity index (χ3v) is 0. The van der Waals surface area contributed by atoms with Crippen LogP contribution in [-0.2, 0) is 67.1 Å². The van der Waals surface area contributed by atoms with Crippen molar-refractivity contribution in [3.8, 4) is 0 Å². The smallest absolute Gasteiger partial charge is 2.00 e. The molecule has 0 amide bonds. The van der Waals surface area contributed by atoms with Gasteiger partial charge in [-0.05, 0) is 0 Å². The van der Waals surface area contributed by atoms with Crippen LogP contribution >= 0.6 is 0 Å². The van der Waals surface area contributed by atoms with Gasteiger partial charge in [0.2, 0.25) is 0 Å². The van der Waals surface area contributed by atoms with E-state index in [0.29, 0.717) is 0 Å². The second-order valence-electron chi connectivity index (χ2n) is 0. The second kappa shape index (κ2) is 94.2. The zero-order valence-electron chi connectivity index (χ0n) is 2.22. The van der Waals surface area contributed by atoms with Crippen LogP contribution in [0.25, 0.3) is 0 Å². The average Bonchev–Trinajstić information content (AvgIpc) is 0. The normalized spacial score (nSPS) is 0. The Labute approximate surface area is 67.0 Å². The van der Waals surface area contributed by atoms with Crippen molar-refractivity contribution >= 4 is 0 Å². The molecule has 0 aliphatic heterocycles. The van der Waals surface area contributed by atoms with Crippen molar-refractivity contribution in [2.75, 3.05) is 0 Å². The molecule has 0 aliphatic carbocycles. The molecule has 0 heterocycles. The van der Waals surface area contributed by atoms with Gasteiger partial charge in [-0.2, -0.15) is 0 Å². The van der Waals surface area contributed by atoms with Gasteiger partial charge in [0.25, 0.3) is 0 Å². The summed E-state index contributed by atoms with van der Waals surface area (Å²) in [4.78, 5) is 0. The van der Waals surface area contributed by atoms with Crippen LogP contribution in [0.4, 0.5) is 0 Å². The molecule has 0 bridgehead atoms. The predicted molar refractivity (Wildman–Crippen MR) is 2.06 cm³/mol. The van der Waals surface area contributed by atoms with Crippen molar-refractivity contribution < 1.29 is 67.1 Å². The van der Waals surface area contributed by atoms with Crippen LogP contribution in [0, 0.1) is 0 Å². The molecule has 0 aromatic heterocycles. The summed E-state index contributed by atoms with van der Waals surface area (Å²) in [6, 6.07) is 0. The Balaban J connectivity index is 0. The largest absolute Gasteiger partial charge is 2.00 e. The first-order chi connectivity index (χ1) is 0. The first-order valence-electron chi connectivity index (χ1n) is 0. The minimum atomic E-state index is 0. The Morgan fingerprint density at radius 3 is 0.667 bits per heavy atom. The topological polar surface area (TPSA) is 85.5 Å². The van der Waals surface area contributed by atoms with Crippen LogP contribution in [-0.4, -0.2) is 0 Å². The van der Waals surface area contributed by atoms with E-state index >= 15 is 0 Å². The molecule has 0 saturated carbocycles. The first kappa shape index (κ1) is 153. The fourth-order valence-electron chi connectivity index (χ4n) is 0. The minimum Gasteiger partial charge on any atom is -2.00 e. The maximum Gasteiger partial charge on any atom is 2.00 e. The first-order valence-corrected chi connectivity index (χ1v) is 0. The number of hydrogen-bond donors (Lipinski definition) is 0. The van der Waals surface area contributed by atoms with Gasteiger partial charge in [0.1, 0.15) is 0 Å². The summed E-state index contributed by atoms with van der Waals surface area (Å²) in [6.45, 7) is 0. The van der Waals surface area contributed by atoms with E-state index in [0.717, 1.165) is 0 Å². The van der Waals surface area contributed by atoms with Crippen molar-refractivity contribution in [1.29, 1.82) is 0 Å². The van der Waals surface area contributed by atoms with E-state index in [9.17, 15) is 0 Å². The molecule has 0 atom stereocenters. The van der Waals surface area contributed by atoms with Crippen LogP contribution in [0.1, 0.15) is 0 Å². The van der Waals surface area contributed by atoms with Gasteiger partial charge < -0.3 is 16.4 Å². The van der Waals surface area contributed by atoms with Crippen molar-refractivity contribution in [2.24, 2.45) is 0 Å².